The van der Waals surface area contributed by atoms with E-state index in [4.69, 9.17) is 5.73 Å². The van der Waals surface area contributed by atoms with Crippen molar-refractivity contribution in [1.29, 1.82) is 0 Å². The Morgan fingerprint density at radius 3 is 2.47 bits per heavy atom. The van der Waals surface area contributed by atoms with Gasteiger partial charge in [-0.15, -0.1) is 0 Å². The van der Waals surface area contributed by atoms with Crippen molar-refractivity contribution in [3.05, 3.63) is 30.1 Å². The Labute approximate surface area is 105 Å². The molecule has 1 heterocycles. The lowest BCUT2D eigenvalue weighted by Gasteiger charge is -2.32. The molecule has 0 radical (unpaired) electrons. The second-order valence-electron chi connectivity index (χ2n) is 4.70. The molecule has 1 rings (SSSR count). The van der Waals surface area contributed by atoms with Gasteiger partial charge in [0.2, 0.25) is 0 Å². The molecule has 0 saturated carbocycles. The summed E-state index contributed by atoms with van der Waals surface area (Å²) in [4.78, 5) is 6.40. The lowest BCUT2D eigenvalue weighted by molar-refractivity contribution is 0.191. The number of aromatic nitrogens is 1. The van der Waals surface area contributed by atoms with Crippen LogP contribution >= 0.6 is 0 Å². The summed E-state index contributed by atoms with van der Waals surface area (Å²) in [6.07, 6.45) is 7.04. The molecule has 2 unspecified atom stereocenters. The molecule has 0 aliphatic carbocycles. The molecule has 0 aromatic carbocycles. The first-order chi connectivity index (χ1) is 8.19. The zero-order valence-corrected chi connectivity index (χ0v) is 11.3. The summed E-state index contributed by atoms with van der Waals surface area (Å²) in [6, 6.07) is 4.86. The SMILES string of the molecule is CCCC(N)C(CC)N(C)Cc1ccncc1. The third-order valence-corrected chi connectivity index (χ3v) is 3.28. The Kier molecular flexibility index (Phi) is 6.16. The fraction of sp³-hybridized carbons (Fsp3) is 0.643. The van der Waals surface area contributed by atoms with Crippen molar-refractivity contribution in [3.63, 3.8) is 0 Å². The molecular formula is C14H25N3. The predicted octanol–water partition coefficient (Wildman–Crippen LogP) is 2.42. The van der Waals surface area contributed by atoms with E-state index < -0.39 is 0 Å². The smallest absolute Gasteiger partial charge is 0.0271 e. The fourth-order valence-electron chi connectivity index (χ4n) is 2.36. The van der Waals surface area contributed by atoms with E-state index in [1.807, 2.05) is 12.4 Å². The van der Waals surface area contributed by atoms with E-state index in [9.17, 15) is 0 Å². The summed E-state index contributed by atoms with van der Waals surface area (Å²) >= 11 is 0. The highest BCUT2D eigenvalue weighted by atomic mass is 15.1. The number of likely N-dealkylation sites (N-methyl/N-ethyl adjacent to an activating group) is 1. The lowest BCUT2D eigenvalue weighted by atomic mass is 10.00. The average molecular weight is 235 g/mol. The van der Waals surface area contributed by atoms with Gasteiger partial charge < -0.3 is 5.73 Å². The molecule has 17 heavy (non-hydrogen) atoms. The molecule has 2 atom stereocenters. The van der Waals surface area contributed by atoms with E-state index in [0.717, 1.165) is 25.8 Å². The molecule has 1 aromatic heterocycles. The van der Waals surface area contributed by atoms with Gasteiger partial charge in [-0.3, -0.25) is 9.88 Å². The first-order valence-electron chi connectivity index (χ1n) is 6.53. The molecule has 0 aliphatic rings. The maximum atomic E-state index is 6.24. The van der Waals surface area contributed by atoms with Gasteiger partial charge in [-0.05, 0) is 37.6 Å². The van der Waals surface area contributed by atoms with Crippen LogP contribution in [0.4, 0.5) is 0 Å². The van der Waals surface area contributed by atoms with Crippen LogP contribution < -0.4 is 5.73 Å². The van der Waals surface area contributed by atoms with Crippen LogP contribution in [0.15, 0.2) is 24.5 Å². The summed E-state index contributed by atoms with van der Waals surface area (Å²) in [5.41, 5.74) is 7.54. The number of nitrogens with zero attached hydrogens (tertiary/aromatic N) is 2. The number of hydrogen-bond acceptors (Lipinski definition) is 3. The van der Waals surface area contributed by atoms with Gasteiger partial charge in [-0.2, -0.15) is 0 Å². The number of nitrogens with two attached hydrogens (primary N) is 1. The summed E-state index contributed by atoms with van der Waals surface area (Å²) in [5.74, 6) is 0. The standard InChI is InChI=1S/C14H25N3/c1-4-6-13(15)14(5-2)17(3)11-12-7-9-16-10-8-12/h7-10,13-14H,4-6,11,15H2,1-3H3. The van der Waals surface area contributed by atoms with Gasteiger partial charge >= 0.3 is 0 Å². The average Bonchev–Trinajstić information content (AvgIpc) is 2.31. The normalized spacial score (nSPS) is 14.9. The molecule has 0 aliphatic heterocycles. The van der Waals surface area contributed by atoms with Crippen molar-refractivity contribution < 1.29 is 0 Å². The summed E-state index contributed by atoms with van der Waals surface area (Å²) < 4.78 is 0. The minimum absolute atomic E-state index is 0.275. The summed E-state index contributed by atoms with van der Waals surface area (Å²) in [6.45, 7) is 5.34. The van der Waals surface area contributed by atoms with Gasteiger partial charge in [0.1, 0.15) is 0 Å². The Morgan fingerprint density at radius 1 is 1.29 bits per heavy atom. The van der Waals surface area contributed by atoms with Crippen LogP contribution in [0.1, 0.15) is 38.7 Å². The van der Waals surface area contributed by atoms with Crippen molar-refractivity contribution in [3.8, 4) is 0 Å². The second kappa shape index (κ2) is 7.41. The van der Waals surface area contributed by atoms with Crippen LogP contribution in [0.3, 0.4) is 0 Å². The summed E-state index contributed by atoms with van der Waals surface area (Å²) in [7, 11) is 2.16. The zero-order chi connectivity index (χ0) is 12.7. The molecular weight excluding hydrogens is 210 g/mol. The molecule has 3 heteroatoms. The van der Waals surface area contributed by atoms with E-state index in [2.05, 4.69) is 42.9 Å². The van der Waals surface area contributed by atoms with E-state index in [1.165, 1.54) is 5.56 Å². The van der Waals surface area contributed by atoms with Gasteiger partial charge in [0.05, 0.1) is 0 Å². The number of rotatable bonds is 7. The van der Waals surface area contributed by atoms with Crippen molar-refractivity contribution in [2.24, 2.45) is 5.73 Å². The molecule has 0 spiro atoms. The molecule has 3 nitrogen and oxygen atoms in total. The van der Waals surface area contributed by atoms with E-state index in [1.54, 1.807) is 0 Å². The first-order valence-corrected chi connectivity index (χ1v) is 6.53. The largest absolute Gasteiger partial charge is 0.326 e. The minimum atomic E-state index is 0.275. The molecule has 0 fully saturated rings. The topological polar surface area (TPSA) is 42.1 Å². The number of hydrogen-bond donors (Lipinski definition) is 1. The molecule has 1 aromatic rings. The third kappa shape index (κ3) is 4.44. The fourth-order valence-corrected chi connectivity index (χ4v) is 2.36. The molecule has 0 bridgehead atoms. The van der Waals surface area contributed by atoms with Crippen molar-refractivity contribution in [2.75, 3.05) is 7.05 Å². The van der Waals surface area contributed by atoms with Crippen LogP contribution in [0.2, 0.25) is 0 Å². The highest BCUT2D eigenvalue weighted by Crippen LogP contribution is 2.13. The maximum absolute atomic E-state index is 6.24. The Bertz CT molecular complexity index is 300. The quantitative estimate of drug-likeness (QED) is 0.789. The van der Waals surface area contributed by atoms with E-state index in [0.29, 0.717) is 6.04 Å². The Balaban J connectivity index is 2.57. The van der Waals surface area contributed by atoms with Crippen molar-refractivity contribution >= 4 is 0 Å². The van der Waals surface area contributed by atoms with Crippen LogP contribution in [-0.2, 0) is 6.54 Å². The Morgan fingerprint density at radius 2 is 1.94 bits per heavy atom. The van der Waals surface area contributed by atoms with E-state index >= 15 is 0 Å². The molecule has 96 valence electrons. The molecule has 0 amide bonds. The number of pyridine rings is 1. The van der Waals surface area contributed by atoms with Crippen molar-refractivity contribution in [1.82, 2.24) is 9.88 Å². The van der Waals surface area contributed by atoms with Crippen molar-refractivity contribution in [2.45, 2.75) is 51.7 Å². The van der Waals surface area contributed by atoms with Crippen LogP contribution in [0.25, 0.3) is 0 Å². The van der Waals surface area contributed by atoms with Gasteiger partial charge in [0.15, 0.2) is 0 Å². The van der Waals surface area contributed by atoms with Crippen LogP contribution in [0, 0.1) is 0 Å². The van der Waals surface area contributed by atoms with Gasteiger partial charge in [-0.1, -0.05) is 20.3 Å². The second-order valence-corrected chi connectivity index (χ2v) is 4.70. The van der Waals surface area contributed by atoms with E-state index in [-0.39, 0.29) is 6.04 Å². The highest BCUT2D eigenvalue weighted by molar-refractivity contribution is 5.09. The Hall–Kier alpha value is -0.930. The van der Waals surface area contributed by atoms with Gasteiger partial charge in [0, 0.05) is 31.0 Å². The highest BCUT2D eigenvalue weighted by Gasteiger charge is 2.19. The van der Waals surface area contributed by atoms with Crippen LogP contribution in [-0.4, -0.2) is 29.0 Å². The van der Waals surface area contributed by atoms with Gasteiger partial charge in [-0.25, -0.2) is 0 Å². The molecule has 2 N–H and O–H groups in total. The zero-order valence-electron chi connectivity index (χ0n) is 11.3. The van der Waals surface area contributed by atoms with Gasteiger partial charge in [0.25, 0.3) is 0 Å². The third-order valence-electron chi connectivity index (χ3n) is 3.28. The summed E-state index contributed by atoms with van der Waals surface area (Å²) in [5, 5.41) is 0. The van der Waals surface area contributed by atoms with Crippen LogP contribution in [0.5, 0.6) is 0 Å². The molecule has 0 saturated heterocycles. The maximum Gasteiger partial charge on any atom is 0.0271 e. The lowest BCUT2D eigenvalue weighted by Crippen LogP contribution is -2.45. The predicted molar refractivity (Wildman–Crippen MR) is 72.7 cm³/mol. The monoisotopic (exact) mass is 235 g/mol. The minimum Gasteiger partial charge on any atom is -0.326 e. The first kappa shape index (κ1) is 14.1.